The summed E-state index contributed by atoms with van der Waals surface area (Å²) in [5, 5.41) is 8.42. The lowest BCUT2D eigenvalue weighted by molar-refractivity contribution is -0.197. The Morgan fingerprint density at radius 1 is 0.938 bits per heavy atom. The molecule has 1 unspecified atom stereocenters. The molecule has 3 N–H and O–H groups in total. The number of nitrogens with one attached hydrogen (secondary N) is 3. The second kappa shape index (κ2) is 14.1. The number of likely N-dealkylation sites (N-methyl/N-ethyl adjacent to an activating group) is 1. The summed E-state index contributed by atoms with van der Waals surface area (Å²) in [6, 6.07) is -0.346. The molecule has 0 aromatic carbocycles. The Kier molecular flexibility index (Phi) is 11.9. The van der Waals surface area contributed by atoms with Crippen LogP contribution >= 0.6 is 0 Å². The van der Waals surface area contributed by atoms with E-state index in [4.69, 9.17) is 4.84 Å². The van der Waals surface area contributed by atoms with Gasteiger partial charge in [-0.15, -0.1) is 5.06 Å². The molecule has 32 heavy (non-hydrogen) atoms. The van der Waals surface area contributed by atoms with Crippen LogP contribution in [0.5, 0.6) is 0 Å². The molecule has 0 radical (unpaired) electrons. The molecule has 5 amide bonds. The maximum absolute atomic E-state index is 12.4. The van der Waals surface area contributed by atoms with Crippen LogP contribution in [0.2, 0.25) is 0 Å². The third kappa shape index (κ3) is 10.3. The van der Waals surface area contributed by atoms with Gasteiger partial charge in [-0.25, -0.2) is 4.79 Å². The Labute approximate surface area is 187 Å². The summed E-state index contributed by atoms with van der Waals surface area (Å²) in [4.78, 5) is 76.1. The van der Waals surface area contributed by atoms with E-state index >= 15 is 0 Å². The van der Waals surface area contributed by atoms with E-state index in [9.17, 15) is 28.8 Å². The Morgan fingerprint density at radius 3 is 2.16 bits per heavy atom. The normalized spacial score (nSPS) is 14.3. The predicted molar refractivity (Wildman–Crippen MR) is 112 cm³/mol. The molecule has 0 aliphatic carbocycles. The molecule has 1 fully saturated rings. The highest BCUT2D eigenvalue weighted by atomic mass is 16.7. The average Bonchev–Trinajstić information content (AvgIpc) is 3.02. The number of carbonyl (C=O) groups is 6. The van der Waals surface area contributed by atoms with Crippen LogP contribution in [0, 0.1) is 0 Å². The second-order valence-electron chi connectivity index (χ2n) is 7.64. The molecule has 180 valence electrons. The van der Waals surface area contributed by atoms with Crippen molar-refractivity contribution in [1.29, 1.82) is 0 Å². The first-order chi connectivity index (χ1) is 15.1. The fourth-order valence-corrected chi connectivity index (χ4v) is 2.97. The first-order valence-corrected chi connectivity index (χ1v) is 10.6. The van der Waals surface area contributed by atoms with Gasteiger partial charge < -0.3 is 20.8 Å². The van der Waals surface area contributed by atoms with Crippen molar-refractivity contribution >= 4 is 35.5 Å². The molecule has 1 aliphatic rings. The SMILES string of the molecule is CC(=O)NCCCCC(C(=O)NCCC(=O)NCCC(=O)ON1C(=O)CCC1=O)N(C)C. The van der Waals surface area contributed by atoms with E-state index in [1.54, 1.807) is 19.0 Å². The summed E-state index contributed by atoms with van der Waals surface area (Å²) < 4.78 is 0. The average molecular weight is 456 g/mol. The number of hydrogen-bond donors (Lipinski definition) is 3. The van der Waals surface area contributed by atoms with Crippen LogP contribution in [0.25, 0.3) is 0 Å². The van der Waals surface area contributed by atoms with Gasteiger partial charge in [0, 0.05) is 45.8 Å². The topological polar surface area (TPSA) is 154 Å². The fraction of sp³-hybridized carbons (Fsp3) is 0.700. The van der Waals surface area contributed by atoms with Gasteiger partial charge in [-0.3, -0.25) is 28.9 Å². The Morgan fingerprint density at radius 2 is 1.56 bits per heavy atom. The molecular formula is C20H33N5O7. The minimum atomic E-state index is -0.797. The molecular weight excluding hydrogens is 422 g/mol. The number of rotatable bonds is 14. The molecule has 12 nitrogen and oxygen atoms in total. The molecule has 1 rings (SSSR count). The Hall–Kier alpha value is -3.02. The number of carbonyl (C=O) groups excluding carboxylic acids is 6. The van der Waals surface area contributed by atoms with Crippen molar-refractivity contribution in [3.63, 3.8) is 0 Å². The van der Waals surface area contributed by atoms with E-state index < -0.39 is 17.8 Å². The molecule has 12 heteroatoms. The van der Waals surface area contributed by atoms with E-state index in [2.05, 4.69) is 16.0 Å². The first-order valence-electron chi connectivity index (χ1n) is 10.6. The minimum Gasteiger partial charge on any atom is -0.356 e. The quantitative estimate of drug-likeness (QED) is 0.219. The zero-order valence-corrected chi connectivity index (χ0v) is 18.9. The minimum absolute atomic E-state index is 0.0142. The standard InChI is InChI=1S/C20H33N5O7/c1-14(26)21-11-5-4-6-15(24(2)3)20(31)23-12-9-16(27)22-13-10-19(30)32-25-17(28)7-8-18(25)29/h15H,4-13H2,1-3H3,(H,21,26)(H,22,27)(H,23,31). The molecule has 1 atom stereocenters. The summed E-state index contributed by atoms with van der Waals surface area (Å²) >= 11 is 0. The number of nitrogens with zero attached hydrogens (tertiary/aromatic N) is 2. The smallest absolute Gasteiger partial charge is 0.334 e. The van der Waals surface area contributed by atoms with Crippen LogP contribution in [0.15, 0.2) is 0 Å². The highest BCUT2D eigenvalue weighted by molar-refractivity contribution is 6.01. The van der Waals surface area contributed by atoms with Gasteiger partial charge >= 0.3 is 5.97 Å². The maximum Gasteiger partial charge on any atom is 0.334 e. The summed E-state index contributed by atoms with van der Waals surface area (Å²) in [6.07, 6.45) is 2.02. The van der Waals surface area contributed by atoms with Gasteiger partial charge in [0.1, 0.15) is 0 Å². The van der Waals surface area contributed by atoms with Crippen LogP contribution in [0.4, 0.5) is 0 Å². The van der Waals surface area contributed by atoms with Crippen LogP contribution in [-0.2, 0) is 33.6 Å². The second-order valence-corrected chi connectivity index (χ2v) is 7.64. The Balaban J connectivity index is 2.20. The van der Waals surface area contributed by atoms with Crippen LogP contribution in [0.1, 0.15) is 51.9 Å². The van der Waals surface area contributed by atoms with Gasteiger partial charge in [-0.1, -0.05) is 0 Å². The van der Waals surface area contributed by atoms with Crippen LogP contribution in [0.3, 0.4) is 0 Å². The lowest BCUT2D eigenvalue weighted by Gasteiger charge is -2.23. The van der Waals surface area contributed by atoms with Crippen molar-refractivity contribution in [2.75, 3.05) is 33.7 Å². The monoisotopic (exact) mass is 455 g/mol. The summed E-state index contributed by atoms with van der Waals surface area (Å²) in [5.74, 6) is -2.55. The molecule has 0 aromatic rings. The summed E-state index contributed by atoms with van der Waals surface area (Å²) in [6.45, 7) is 2.14. The van der Waals surface area contributed by atoms with Gasteiger partial charge in [0.15, 0.2) is 0 Å². The Bertz CT molecular complexity index is 694. The maximum atomic E-state index is 12.4. The number of unbranched alkanes of at least 4 members (excludes halogenated alkanes) is 1. The number of amides is 5. The van der Waals surface area contributed by atoms with Gasteiger partial charge in [0.2, 0.25) is 17.7 Å². The van der Waals surface area contributed by atoms with Gasteiger partial charge in [0.05, 0.1) is 12.5 Å². The summed E-state index contributed by atoms with van der Waals surface area (Å²) in [5.41, 5.74) is 0. The number of hydrogen-bond acceptors (Lipinski definition) is 8. The number of hydroxylamine groups is 2. The van der Waals surface area contributed by atoms with Crippen molar-refractivity contribution in [1.82, 2.24) is 25.9 Å². The molecule has 0 saturated carbocycles. The molecule has 0 spiro atoms. The van der Waals surface area contributed by atoms with E-state index in [0.29, 0.717) is 18.0 Å². The van der Waals surface area contributed by atoms with E-state index in [0.717, 1.165) is 12.8 Å². The lowest BCUT2D eigenvalue weighted by Crippen LogP contribution is -2.44. The third-order valence-electron chi connectivity index (χ3n) is 4.71. The molecule has 0 aromatic heterocycles. The van der Waals surface area contributed by atoms with Crippen molar-refractivity contribution < 1.29 is 33.6 Å². The van der Waals surface area contributed by atoms with Gasteiger partial charge in [-0.2, -0.15) is 0 Å². The zero-order chi connectivity index (χ0) is 24.1. The molecule has 1 aliphatic heterocycles. The zero-order valence-electron chi connectivity index (χ0n) is 18.9. The van der Waals surface area contributed by atoms with Gasteiger partial charge in [-0.05, 0) is 33.4 Å². The molecule has 1 heterocycles. The molecule has 1 saturated heterocycles. The summed E-state index contributed by atoms with van der Waals surface area (Å²) in [7, 11) is 3.60. The van der Waals surface area contributed by atoms with Gasteiger partial charge in [0.25, 0.3) is 11.8 Å². The largest absolute Gasteiger partial charge is 0.356 e. The fourth-order valence-electron chi connectivity index (χ4n) is 2.97. The van der Waals surface area contributed by atoms with Crippen LogP contribution < -0.4 is 16.0 Å². The van der Waals surface area contributed by atoms with Crippen molar-refractivity contribution in [3.8, 4) is 0 Å². The highest BCUT2D eigenvalue weighted by Gasteiger charge is 2.32. The lowest BCUT2D eigenvalue weighted by atomic mass is 10.1. The number of imide groups is 1. The van der Waals surface area contributed by atoms with Crippen molar-refractivity contribution in [2.45, 2.75) is 57.9 Å². The predicted octanol–water partition coefficient (Wildman–Crippen LogP) is -1.16. The molecule has 0 bridgehead atoms. The van der Waals surface area contributed by atoms with Crippen molar-refractivity contribution in [3.05, 3.63) is 0 Å². The van der Waals surface area contributed by atoms with Crippen LogP contribution in [-0.4, -0.2) is 85.2 Å². The first kappa shape index (κ1) is 27.0. The van der Waals surface area contributed by atoms with Crippen molar-refractivity contribution in [2.24, 2.45) is 0 Å². The van der Waals surface area contributed by atoms with E-state index in [1.807, 2.05) is 0 Å². The third-order valence-corrected chi connectivity index (χ3v) is 4.71. The van der Waals surface area contributed by atoms with E-state index in [1.165, 1.54) is 6.92 Å². The highest BCUT2D eigenvalue weighted by Crippen LogP contribution is 2.12. The van der Waals surface area contributed by atoms with E-state index in [-0.39, 0.29) is 62.5 Å².